The molecule has 2 rings (SSSR count). The summed E-state index contributed by atoms with van der Waals surface area (Å²) in [5.74, 6) is 0. The van der Waals surface area contributed by atoms with Gasteiger partial charge in [0.1, 0.15) is 0 Å². The zero-order chi connectivity index (χ0) is 11.9. The van der Waals surface area contributed by atoms with Gasteiger partial charge in [0, 0.05) is 0 Å². The third-order valence-electron chi connectivity index (χ3n) is 2.87. The van der Waals surface area contributed by atoms with Crippen LogP contribution >= 0.6 is 7.92 Å². The van der Waals surface area contributed by atoms with Gasteiger partial charge in [-0.25, -0.2) is 0 Å². The fraction of sp³-hybridized carbons (Fsp3) is 0.250. The maximum atomic E-state index is 2.27. The van der Waals surface area contributed by atoms with Gasteiger partial charge in [-0.15, -0.1) is 0 Å². The van der Waals surface area contributed by atoms with Crippen molar-refractivity contribution in [3.8, 4) is 0 Å². The number of benzene rings is 2. The first-order valence-electron chi connectivity index (χ1n) is 6.29. The summed E-state index contributed by atoms with van der Waals surface area (Å²) in [7, 11) is -0.157. The Bertz CT molecular complexity index is 388. The van der Waals surface area contributed by atoms with Crippen molar-refractivity contribution >= 4 is 48.1 Å². The summed E-state index contributed by atoms with van der Waals surface area (Å²) in [5, 5.41) is 3.00. The van der Waals surface area contributed by atoms with Crippen LogP contribution in [0.5, 0.6) is 0 Å². The molecule has 2 aromatic carbocycles. The molecule has 2 heteroatoms. The van der Waals surface area contributed by atoms with E-state index in [4.69, 9.17) is 0 Å². The molecule has 0 N–H and O–H groups in total. The molecule has 0 aromatic heterocycles. The van der Waals surface area contributed by atoms with Crippen molar-refractivity contribution in [2.75, 3.05) is 6.16 Å². The molecule has 0 nitrogen and oxygen atoms in total. The van der Waals surface area contributed by atoms with Gasteiger partial charge in [0.25, 0.3) is 0 Å². The Labute approximate surface area is 134 Å². The van der Waals surface area contributed by atoms with Gasteiger partial charge in [0.2, 0.25) is 0 Å². The van der Waals surface area contributed by atoms with Gasteiger partial charge in [0.15, 0.2) is 0 Å². The molecule has 0 heterocycles. The van der Waals surface area contributed by atoms with E-state index in [2.05, 4.69) is 67.6 Å². The second-order valence-electron chi connectivity index (χ2n) is 4.18. The van der Waals surface area contributed by atoms with Crippen LogP contribution in [0.3, 0.4) is 0 Å². The fourth-order valence-electron chi connectivity index (χ4n) is 1.94. The molecule has 90 valence electrons. The van der Waals surface area contributed by atoms with Gasteiger partial charge in [-0.3, -0.25) is 0 Å². The second-order valence-corrected chi connectivity index (χ2v) is 6.51. The zero-order valence-electron chi connectivity index (χ0n) is 10.3. The van der Waals surface area contributed by atoms with Crippen molar-refractivity contribution in [1.29, 1.82) is 0 Å². The zero-order valence-corrected chi connectivity index (χ0v) is 11.2. The molecule has 0 atom stereocenters. The molecule has 0 saturated heterocycles. The van der Waals surface area contributed by atoms with Gasteiger partial charge in [-0.05, 0) is 31.1 Å². The SMILES string of the molecule is CCCCP(c1ccccc1)c1ccccc1.[NaH]. The van der Waals surface area contributed by atoms with Crippen LogP contribution in [0.15, 0.2) is 60.7 Å². The average molecular weight is 266 g/mol. The average Bonchev–Trinajstić information content (AvgIpc) is 2.42. The summed E-state index contributed by atoms with van der Waals surface area (Å²) in [6.07, 6.45) is 3.90. The van der Waals surface area contributed by atoms with Gasteiger partial charge < -0.3 is 0 Å². The molecule has 2 aromatic rings. The molecule has 0 aliphatic rings. The summed E-state index contributed by atoms with van der Waals surface area (Å²) < 4.78 is 0. The van der Waals surface area contributed by atoms with Crippen molar-refractivity contribution in [2.24, 2.45) is 0 Å². The summed E-state index contributed by atoms with van der Waals surface area (Å²) in [6.45, 7) is 2.27. The first kappa shape index (κ1) is 15.9. The monoisotopic (exact) mass is 266 g/mol. The molecule has 0 amide bonds. The van der Waals surface area contributed by atoms with Crippen LogP contribution in [-0.2, 0) is 0 Å². The molecule has 0 aliphatic carbocycles. The van der Waals surface area contributed by atoms with Crippen LogP contribution in [0, 0.1) is 0 Å². The summed E-state index contributed by atoms with van der Waals surface area (Å²) in [6, 6.07) is 21.9. The first-order valence-corrected chi connectivity index (χ1v) is 7.82. The van der Waals surface area contributed by atoms with Crippen molar-refractivity contribution in [2.45, 2.75) is 19.8 Å². The predicted molar refractivity (Wildman–Crippen MR) is 86.0 cm³/mol. The van der Waals surface area contributed by atoms with E-state index in [-0.39, 0.29) is 37.5 Å². The minimum absolute atomic E-state index is 0. The number of hydrogen-bond donors (Lipinski definition) is 0. The van der Waals surface area contributed by atoms with E-state index >= 15 is 0 Å². The molecule has 0 unspecified atom stereocenters. The van der Waals surface area contributed by atoms with Crippen LogP contribution < -0.4 is 10.6 Å². The Hall–Kier alpha value is -0.130. The second kappa shape index (κ2) is 8.88. The van der Waals surface area contributed by atoms with Crippen molar-refractivity contribution in [1.82, 2.24) is 0 Å². The Morgan fingerprint density at radius 1 is 0.778 bits per heavy atom. The molecule has 0 aliphatic heterocycles. The van der Waals surface area contributed by atoms with E-state index in [1.807, 2.05) is 0 Å². The van der Waals surface area contributed by atoms with E-state index in [9.17, 15) is 0 Å². The predicted octanol–water partition coefficient (Wildman–Crippen LogP) is 3.27. The molecule has 0 radical (unpaired) electrons. The Balaban J connectivity index is 0.00000162. The third-order valence-corrected chi connectivity index (χ3v) is 5.48. The minimum atomic E-state index is -0.157. The Morgan fingerprint density at radius 3 is 1.61 bits per heavy atom. The van der Waals surface area contributed by atoms with E-state index in [0.29, 0.717) is 0 Å². The van der Waals surface area contributed by atoms with E-state index in [1.165, 1.54) is 29.6 Å². The Kier molecular flexibility index (Phi) is 7.86. The molecule has 0 saturated carbocycles. The normalized spacial score (nSPS) is 10.1. The van der Waals surface area contributed by atoms with Crippen molar-refractivity contribution < 1.29 is 0 Å². The molecule has 0 spiro atoms. The van der Waals surface area contributed by atoms with Crippen LogP contribution in [-0.4, -0.2) is 35.7 Å². The van der Waals surface area contributed by atoms with Gasteiger partial charge >= 0.3 is 29.6 Å². The number of unbranched alkanes of at least 4 members (excludes halogenated alkanes) is 1. The van der Waals surface area contributed by atoms with Gasteiger partial charge in [-0.1, -0.05) is 74.0 Å². The molecule has 0 fully saturated rings. The third kappa shape index (κ3) is 4.52. The van der Waals surface area contributed by atoms with Gasteiger partial charge in [-0.2, -0.15) is 0 Å². The van der Waals surface area contributed by atoms with Crippen LogP contribution in [0.1, 0.15) is 19.8 Å². The standard InChI is InChI=1S/C16H19P.Na.H/c1-2-3-14-17(15-10-6-4-7-11-15)16-12-8-5-9-13-16;;/h4-13H,2-3,14H2,1H3;;. The molecular weight excluding hydrogens is 246 g/mol. The van der Waals surface area contributed by atoms with Gasteiger partial charge in [0.05, 0.1) is 0 Å². The number of rotatable bonds is 5. The molecule has 18 heavy (non-hydrogen) atoms. The van der Waals surface area contributed by atoms with Crippen LogP contribution in [0.25, 0.3) is 0 Å². The van der Waals surface area contributed by atoms with E-state index < -0.39 is 0 Å². The quantitative estimate of drug-likeness (QED) is 0.575. The van der Waals surface area contributed by atoms with Crippen LogP contribution in [0.2, 0.25) is 0 Å². The maximum absolute atomic E-state index is 2.27. The summed E-state index contributed by atoms with van der Waals surface area (Å²) >= 11 is 0. The summed E-state index contributed by atoms with van der Waals surface area (Å²) in [5.41, 5.74) is 0. The van der Waals surface area contributed by atoms with Crippen molar-refractivity contribution in [3.63, 3.8) is 0 Å². The Morgan fingerprint density at radius 2 is 1.22 bits per heavy atom. The van der Waals surface area contributed by atoms with Crippen molar-refractivity contribution in [3.05, 3.63) is 60.7 Å². The first-order chi connectivity index (χ1) is 8.42. The topological polar surface area (TPSA) is 0 Å². The summed E-state index contributed by atoms with van der Waals surface area (Å²) in [4.78, 5) is 0. The van der Waals surface area contributed by atoms with E-state index in [1.54, 1.807) is 0 Å². The fourth-order valence-corrected chi connectivity index (χ4v) is 4.45. The van der Waals surface area contributed by atoms with Crippen LogP contribution in [0.4, 0.5) is 0 Å². The van der Waals surface area contributed by atoms with E-state index in [0.717, 1.165) is 0 Å². The number of hydrogen-bond acceptors (Lipinski definition) is 0. The molecular formula is C16H20NaP. The molecule has 0 bridgehead atoms.